The molecule has 0 aliphatic carbocycles. The first kappa shape index (κ1) is 37.5. The molecule has 3 aliphatic heterocycles. The fourth-order valence-electron chi connectivity index (χ4n) is 6.80. The molecule has 1 aromatic carbocycles. The van der Waals surface area contributed by atoms with Gasteiger partial charge < -0.3 is 25.5 Å². The van der Waals surface area contributed by atoms with E-state index in [4.69, 9.17) is 5.11 Å². The first-order valence-corrected chi connectivity index (χ1v) is 17.3. The Morgan fingerprint density at radius 3 is 2.29 bits per heavy atom. The van der Waals surface area contributed by atoms with Crippen molar-refractivity contribution < 1.29 is 18.7 Å². The number of halogens is 2. The summed E-state index contributed by atoms with van der Waals surface area (Å²) in [4.78, 5) is 28.0. The van der Waals surface area contributed by atoms with Crippen LogP contribution < -0.4 is 20.4 Å². The smallest absolute Gasteiger partial charge is 0.240 e. The van der Waals surface area contributed by atoms with E-state index in [1.54, 1.807) is 11.2 Å². The molecule has 0 saturated carbocycles. The fraction of sp³-hybridized carbons (Fsp3) is 0.649. The summed E-state index contributed by atoms with van der Waals surface area (Å²) in [5.74, 6) is 0.541. The van der Waals surface area contributed by atoms with E-state index in [2.05, 4.69) is 78.5 Å². The van der Waals surface area contributed by atoms with Gasteiger partial charge in [0.15, 0.2) is 0 Å². The van der Waals surface area contributed by atoms with Crippen LogP contribution in [-0.4, -0.2) is 84.3 Å². The molecule has 3 aliphatic rings. The summed E-state index contributed by atoms with van der Waals surface area (Å²) in [6.07, 6.45) is 7.98. The number of rotatable bonds is 10. The van der Waals surface area contributed by atoms with Crippen molar-refractivity contribution in [2.24, 2.45) is 16.2 Å². The number of likely N-dealkylation sites (tertiary alicyclic amines) is 1. The van der Waals surface area contributed by atoms with Crippen LogP contribution in [0.4, 0.5) is 26.1 Å². The molecule has 9 nitrogen and oxygen atoms in total. The summed E-state index contributed by atoms with van der Waals surface area (Å²) in [7, 11) is 1.00. The fourth-order valence-corrected chi connectivity index (χ4v) is 6.80. The predicted molar refractivity (Wildman–Crippen MR) is 190 cm³/mol. The number of hydrogen-bond acceptors (Lipinski definition) is 8. The number of piperidine rings is 2. The summed E-state index contributed by atoms with van der Waals surface area (Å²) in [5.41, 5.74) is 0.371. The Labute approximate surface area is 286 Å². The topological polar surface area (TPSA) is 96.9 Å². The van der Waals surface area contributed by atoms with Gasteiger partial charge in [-0.05, 0) is 67.5 Å². The number of hydrogen-bond donors (Lipinski definition) is 3. The monoisotopic (exact) mass is 669 g/mol. The van der Waals surface area contributed by atoms with Crippen LogP contribution in [0, 0.1) is 27.9 Å². The van der Waals surface area contributed by atoms with Crippen molar-refractivity contribution in [2.45, 2.75) is 85.7 Å². The van der Waals surface area contributed by atoms with Gasteiger partial charge in [0, 0.05) is 57.5 Å². The molecular formula is C37H57F2N7O2. The zero-order chi connectivity index (χ0) is 35.3. The van der Waals surface area contributed by atoms with Gasteiger partial charge in [-0.1, -0.05) is 47.6 Å². The number of nitrogens with zero attached hydrogens (tertiary/aromatic N) is 5. The first-order chi connectivity index (χ1) is 22.6. The second-order valence-corrected chi connectivity index (χ2v) is 15.8. The molecule has 3 N–H and O–H groups in total. The second kappa shape index (κ2) is 15.1. The Bertz CT molecular complexity index is 1410. The van der Waals surface area contributed by atoms with E-state index in [9.17, 15) is 4.79 Å². The van der Waals surface area contributed by atoms with Gasteiger partial charge in [0.2, 0.25) is 5.91 Å². The van der Waals surface area contributed by atoms with Crippen LogP contribution in [-0.2, 0) is 11.3 Å². The van der Waals surface area contributed by atoms with E-state index in [1.165, 1.54) is 12.1 Å². The van der Waals surface area contributed by atoms with Crippen molar-refractivity contribution in [3.8, 4) is 0 Å². The number of piperazine rings is 1. The largest absolute Gasteiger partial charge is 0.400 e. The lowest BCUT2D eigenvalue weighted by atomic mass is 9.66. The van der Waals surface area contributed by atoms with E-state index in [1.807, 2.05) is 12.1 Å². The third kappa shape index (κ3) is 8.83. The molecule has 4 heterocycles. The lowest BCUT2D eigenvalue weighted by molar-refractivity contribution is -0.123. The van der Waals surface area contributed by atoms with Crippen molar-refractivity contribution in [3.05, 3.63) is 54.4 Å². The average molecular weight is 670 g/mol. The molecule has 0 atom stereocenters. The maximum Gasteiger partial charge on any atom is 0.240 e. The van der Waals surface area contributed by atoms with Gasteiger partial charge in [0.25, 0.3) is 0 Å². The highest BCUT2D eigenvalue weighted by molar-refractivity contribution is 5.84. The summed E-state index contributed by atoms with van der Waals surface area (Å²) in [6, 6.07) is 4.59. The van der Waals surface area contributed by atoms with E-state index < -0.39 is 17.2 Å². The molecule has 11 heteroatoms. The number of carbonyl (C=O) groups is 1. The summed E-state index contributed by atoms with van der Waals surface area (Å²) < 4.78 is 30.9. The summed E-state index contributed by atoms with van der Waals surface area (Å²) in [6.45, 7) is 22.2. The minimum Gasteiger partial charge on any atom is -0.400 e. The number of aromatic nitrogens is 2. The van der Waals surface area contributed by atoms with Crippen LogP contribution in [0.3, 0.4) is 0 Å². The van der Waals surface area contributed by atoms with Gasteiger partial charge in [-0.2, -0.15) is 0 Å². The van der Waals surface area contributed by atoms with Gasteiger partial charge in [-0.3, -0.25) is 9.69 Å². The Morgan fingerprint density at radius 1 is 0.979 bits per heavy atom. The van der Waals surface area contributed by atoms with Crippen molar-refractivity contribution in [3.63, 3.8) is 0 Å². The molecule has 5 rings (SSSR count). The molecule has 1 aromatic heterocycles. The van der Waals surface area contributed by atoms with E-state index in [0.29, 0.717) is 50.0 Å². The Morgan fingerprint density at radius 2 is 1.65 bits per heavy atom. The van der Waals surface area contributed by atoms with Gasteiger partial charge in [0.05, 0.1) is 17.8 Å². The quantitative estimate of drug-likeness (QED) is 0.265. The molecule has 1 amide bonds. The number of anilines is 3. The van der Waals surface area contributed by atoms with Crippen LogP contribution in [0.15, 0.2) is 37.2 Å². The molecule has 3 fully saturated rings. The Kier molecular flexibility index (Phi) is 11.8. The Hall–Kier alpha value is -3.31. The number of aliphatic hydroxyl groups is 1. The lowest BCUT2D eigenvalue weighted by Crippen LogP contribution is -2.66. The van der Waals surface area contributed by atoms with E-state index in [0.717, 1.165) is 57.6 Å². The molecule has 3 saturated heterocycles. The maximum atomic E-state index is 15.5. The van der Waals surface area contributed by atoms with Crippen molar-refractivity contribution >= 4 is 23.2 Å². The molecule has 1 spiro atoms. The first-order valence-electron chi connectivity index (χ1n) is 17.3. The molecule has 0 bridgehead atoms. The highest BCUT2D eigenvalue weighted by Gasteiger charge is 2.42. The van der Waals surface area contributed by atoms with Gasteiger partial charge in [-0.25, -0.2) is 18.7 Å². The molecular weight excluding hydrogens is 612 g/mol. The maximum absolute atomic E-state index is 15.5. The van der Waals surface area contributed by atoms with Gasteiger partial charge in [-0.15, -0.1) is 6.58 Å². The second-order valence-electron chi connectivity index (χ2n) is 15.8. The van der Waals surface area contributed by atoms with Gasteiger partial charge in [0.1, 0.15) is 29.6 Å². The third-order valence-electron chi connectivity index (χ3n) is 11.3. The third-order valence-corrected chi connectivity index (χ3v) is 11.3. The van der Waals surface area contributed by atoms with Crippen LogP contribution in [0.1, 0.15) is 79.2 Å². The molecule has 266 valence electrons. The summed E-state index contributed by atoms with van der Waals surface area (Å²) >= 11 is 0. The zero-order valence-corrected chi connectivity index (χ0v) is 30.1. The molecule has 0 radical (unpaired) electrons. The standard InChI is InChI=1S/C36H53F2N7O.CH4O/c1-8-34(4,5)35(6,7)9-14-39-30-21-31(41-25-40-30)44-17-12-36(13-18-44)24-45(23-32(46)42-36)29-20-27(37)26(19-28(29)38)22-43-15-10-33(2,3)11-16-43;1-2/h8,19-21,25H,1,9-18,22-24H2,2-7H3,(H,42,46)(H,39,40,41);2H,1H3. The summed E-state index contributed by atoms with van der Waals surface area (Å²) in [5, 5.41) is 13.7. The molecule has 0 unspecified atom stereocenters. The zero-order valence-electron chi connectivity index (χ0n) is 30.1. The minimum absolute atomic E-state index is 0.00407. The van der Waals surface area contributed by atoms with Crippen LogP contribution in [0.25, 0.3) is 0 Å². The number of nitrogens with one attached hydrogen (secondary N) is 2. The van der Waals surface area contributed by atoms with Crippen LogP contribution in [0.2, 0.25) is 0 Å². The molecule has 2 aromatic rings. The number of aliphatic hydroxyl groups excluding tert-OH is 1. The highest BCUT2D eigenvalue weighted by atomic mass is 19.1. The average Bonchev–Trinajstić information content (AvgIpc) is 3.04. The van der Waals surface area contributed by atoms with Crippen LogP contribution in [0.5, 0.6) is 0 Å². The van der Waals surface area contributed by atoms with Crippen molar-refractivity contribution in [1.82, 2.24) is 20.2 Å². The SMILES string of the molecule is C=CC(C)(C)C(C)(C)CCNc1cc(N2CCC3(CC2)CN(c2cc(F)c(CN4CCC(C)(C)CC4)cc2F)CC(=O)N3)ncn1.CO. The normalized spacial score (nSPS) is 19.8. The number of carbonyl (C=O) groups excluding carboxylic acids is 1. The highest BCUT2D eigenvalue weighted by Crippen LogP contribution is 2.42. The van der Waals surface area contributed by atoms with Gasteiger partial charge >= 0.3 is 0 Å². The Balaban J connectivity index is 0.00000255. The molecule has 48 heavy (non-hydrogen) atoms. The number of amides is 1. The van der Waals surface area contributed by atoms with Crippen LogP contribution >= 0.6 is 0 Å². The van der Waals surface area contributed by atoms with E-state index >= 15 is 8.78 Å². The van der Waals surface area contributed by atoms with Crippen molar-refractivity contribution in [1.29, 1.82) is 0 Å². The minimum atomic E-state index is -0.522. The predicted octanol–water partition coefficient (Wildman–Crippen LogP) is 6.00. The number of allylic oxidation sites excluding steroid dienone is 1. The van der Waals surface area contributed by atoms with E-state index in [-0.39, 0.29) is 29.0 Å². The number of benzene rings is 1. The lowest BCUT2D eigenvalue weighted by Gasteiger charge is -2.48. The van der Waals surface area contributed by atoms with Crippen molar-refractivity contribution in [2.75, 3.05) is 68.0 Å².